The number of hydrogen-bond acceptors (Lipinski definition) is 8. The van der Waals surface area contributed by atoms with Gasteiger partial charge in [-0.3, -0.25) is 9.36 Å². The molecule has 1 N–H and O–H groups in total. The number of hydrogen-bond donors (Lipinski definition) is 1. The van der Waals surface area contributed by atoms with Gasteiger partial charge in [-0.1, -0.05) is 31.0 Å². The average molecular weight is 503 g/mol. The SMILES string of the molecule is CCCCCn1c2nc(Br)[nH]c2c(=O)n2c(CCc3nc(-c4cccs4)no3)nnc12. The molecule has 5 rings (SSSR count). The van der Waals surface area contributed by atoms with Crippen LogP contribution in [0.3, 0.4) is 0 Å². The van der Waals surface area contributed by atoms with E-state index in [9.17, 15) is 4.79 Å². The monoisotopic (exact) mass is 502 g/mol. The van der Waals surface area contributed by atoms with E-state index in [0.717, 1.165) is 24.1 Å². The molecule has 0 unspecified atom stereocenters. The number of fused-ring (bicyclic) bond motifs is 2. The summed E-state index contributed by atoms with van der Waals surface area (Å²) < 4.78 is 9.39. The Morgan fingerprint density at radius 1 is 1.23 bits per heavy atom. The number of aryl methyl sites for hydroxylation is 3. The van der Waals surface area contributed by atoms with Crippen molar-refractivity contribution in [3.63, 3.8) is 0 Å². The second-order valence-electron chi connectivity index (χ2n) is 7.13. The highest BCUT2D eigenvalue weighted by Crippen LogP contribution is 2.22. The number of nitrogens with zero attached hydrogens (tertiary/aromatic N) is 7. The van der Waals surface area contributed by atoms with E-state index in [1.807, 2.05) is 22.1 Å². The minimum Gasteiger partial charge on any atom is -0.339 e. The number of halogens is 1. The van der Waals surface area contributed by atoms with Crippen LogP contribution in [0, 0.1) is 0 Å². The molecule has 0 spiro atoms. The van der Waals surface area contributed by atoms with Crippen LogP contribution < -0.4 is 5.56 Å². The Labute approximate surface area is 188 Å². The topological polar surface area (TPSA) is 120 Å². The third-order valence-electron chi connectivity index (χ3n) is 5.04. The molecule has 160 valence electrons. The highest BCUT2D eigenvalue weighted by Gasteiger charge is 2.20. The van der Waals surface area contributed by atoms with Crippen molar-refractivity contribution in [3.8, 4) is 10.7 Å². The molecule has 0 aliphatic rings. The number of aromatic nitrogens is 8. The molecule has 0 aliphatic heterocycles. The molecule has 0 aromatic carbocycles. The lowest BCUT2D eigenvalue weighted by atomic mass is 10.2. The molecule has 5 aromatic heterocycles. The van der Waals surface area contributed by atoms with Crippen molar-refractivity contribution in [3.05, 3.63) is 44.3 Å². The van der Waals surface area contributed by atoms with E-state index < -0.39 is 0 Å². The van der Waals surface area contributed by atoms with Gasteiger partial charge in [0.2, 0.25) is 17.5 Å². The van der Waals surface area contributed by atoms with Crippen LogP contribution in [0.2, 0.25) is 0 Å². The molecule has 0 saturated heterocycles. The lowest BCUT2D eigenvalue weighted by Gasteiger charge is -2.09. The predicted octanol–water partition coefficient (Wildman–Crippen LogP) is 3.62. The van der Waals surface area contributed by atoms with Crippen molar-refractivity contribution in [2.24, 2.45) is 0 Å². The van der Waals surface area contributed by atoms with Crippen LogP contribution >= 0.6 is 27.3 Å². The van der Waals surface area contributed by atoms with Crippen LogP contribution in [-0.2, 0) is 19.4 Å². The zero-order chi connectivity index (χ0) is 21.4. The van der Waals surface area contributed by atoms with Crippen LogP contribution in [-0.4, -0.2) is 39.3 Å². The predicted molar refractivity (Wildman–Crippen MR) is 119 cm³/mol. The van der Waals surface area contributed by atoms with Gasteiger partial charge in [0, 0.05) is 19.4 Å². The van der Waals surface area contributed by atoms with Crippen molar-refractivity contribution in [2.45, 2.75) is 45.6 Å². The quantitative estimate of drug-likeness (QED) is 0.254. The molecule has 31 heavy (non-hydrogen) atoms. The number of H-pyrrole nitrogens is 1. The molecule has 0 radical (unpaired) electrons. The van der Waals surface area contributed by atoms with Gasteiger partial charge in [0.25, 0.3) is 5.56 Å². The highest BCUT2D eigenvalue weighted by atomic mass is 79.9. The summed E-state index contributed by atoms with van der Waals surface area (Å²) in [6.07, 6.45) is 4.04. The minimum atomic E-state index is -0.222. The Kier molecular flexibility index (Phi) is 5.40. The fourth-order valence-corrected chi connectivity index (χ4v) is 4.56. The van der Waals surface area contributed by atoms with Crippen LogP contribution in [0.15, 0.2) is 31.6 Å². The van der Waals surface area contributed by atoms with Crippen LogP contribution in [0.5, 0.6) is 0 Å². The summed E-state index contributed by atoms with van der Waals surface area (Å²) in [7, 11) is 0. The Balaban J connectivity index is 1.49. The number of aromatic amines is 1. The first-order valence-corrected chi connectivity index (χ1v) is 11.7. The van der Waals surface area contributed by atoms with Crippen LogP contribution in [0.4, 0.5) is 0 Å². The van der Waals surface area contributed by atoms with Gasteiger partial charge in [-0.25, -0.2) is 9.38 Å². The standard InChI is InChI=1S/C19H19BrN8O2S/c1-2-3-4-9-27-16-14(22-18(20)23-16)17(29)28-12(24-25-19(27)28)7-8-13-21-15(26-30-13)11-6-5-10-31-11/h5-6,10H,2-4,7-9H2,1H3,(H,22,23). The van der Waals surface area contributed by atoms with Crippen LogP contribution in [0.25, 0.3) is 27.6 Å². The summed E-state index contributed by atoms with van der Waals surface area (Å²) in [6, 6.07) is 3.89. The molecule has 12 heteroatoms. The molecule has 0 saturated carbocycles. The lowest BCUT2D eigenvalue weighted by Crippen LogP contribution is -2.21. The molecule has 0 fully saturated rings. The van der Waals surface area contributed by atoms with Gasteiger partial charge >= 0.3 is 0 Å². The first-order chi connectivity index (χ1) is 15.2. The number of unbranched alkanes of at least 4 members (excludes halogenated alkanes) is 2. The number of rotatable bonds is 8. The lowest BCUT2D eigenvalue weighted by molar-refractivity contribution is 0.378. The van der Waals surface area contributed by atoms with Gasteiger partial charge in [0.15, 0.2) is 15.9 Å². The number of imidazole rings is 1. The summed E-state index contributed by atoms with van der Waals surface area (Å²) in [5.74, 6) is 2.10. The van der Waals surface area contributed by atoms with Gasteiger partial charge in [0.1, 0.15) is 5.82 Å². The van der Waals surface area contributed by atoms with Gasteiger partial charge in [0.05, 0.1) is 4.88 Å². The summed E-state index contributed by atoms with van der Waals surface area (Å²) in [5.41, 5.74) is 0.784. The molecular weight excluding hydrogens is 484 g/mol. The first kappa shape index (κ1) is 20.1. The van der Waals surface area contributed by atoms with Crippen molar-refractivity contribution >= 4 is 44.2 Å². The smallest absolute Gasteiger partial charge is 0.286 e. The molecule has 5 aromatic rings. The minimum absolute atomic E-state index is 0.222. The van der Waals surface area contributed by atoms with E-state index in [0.29, 0.717) is 58.6 Å². The molecular formula is C19H19BrN8O2S. The fourth-order valence-electron chi connectivity index (χ4n) is 3.55. The van der Waals surface area contributed by atoms with Crippen molar-refractivity contribution < 1.29 is 4.52 Å². The van der Waals surface area contributed by atoms with E-state index in [2.05, 4.69) is 53.2 Å². The van der Waals surface area contributed by atoms with E-state index in [-0.39, 0.29) is 5.56 Å². The Hall–Kier alpha value is -2.86. The molecule has 0 bridgehead atoms. The van der Waals surface area contributed by atoms with E-state index >= 15 is 0 Å². The normalized spacial score (nSPS) is 11.8. The highest BCUT2D eigenvalue weighted by molar-refractivity contribution is 9.10. The van der Waals surface area contributed by atoms with Crippen molar-refractivity contribution in [1.82, 2.24) is 39.3 Å². The maximum Gasteiger partial charge on any atom is 0.286 e. The van der Waals surface area contributed by atoms with Crippen molar-refractivity contribution in [2.75, 3.05) is 0 Å². The van der Waals surface area contributed by atoms with Gasteiger partial charge in [-0.15, -0.1) is 21.5 Å². The molecule has 5 heterocycles. The van der Waals surface area contributed by atoms with Crippen LogP contribution in [0.1, 0.15) is 37.9 Å². The van der Waals surface area contributed by atoms with Gasteiger partial charge < -0.3 is 9.51 Å². The summed E-state index contributed by atoms with van der Waals surface area (Å²) >= 11 is 4.90. The largest absolute Gasteiger partial charge is 0.339 e. The fraction of sp³-hybridized carbons (Fsp3) is 0.368. The zero-order valence-electron chi connectivity index (χ0n) is 16.7. The summed E-state index contributed by atoms with van der Waals surface area (Å²) in [4.78, 5) is 26.0. The van der Waals surface area contributed by atoms with E-state index in [1.54, 1.807) is 15.7 Å². The number of nitrogens with one attached hydrogen (secondary N) is 1. The number of thiophene rings is 1. The maximum absolute atomic E-state index is 13.2. The first-order valence-electron chi connectivity index (χ1n) is 10.0. The summed E-state index contributed by atoms with van der Waals surface area (Å²) in [6.45, 7) is 2.86. The third-order valence-corrected chi connectivity index (χ3v) is 6.28. The Morgan fingerprint density at radius 2 is 2.13 bits per heavy atom. The van der Waals surface area contributed by atoms with Crippen molar-refractivity contribution in [1.29, 1.82) is 0 Å². The zero-order valence-corrected chi connectivity index (χ0v) is 19.1. The van der Waals surface area contributed by atoms with Gasteiger partial charge in [-0.05, 0) is 33.8 Å². The molecule has 10 nitrogen and oxygen atoms in total. The van der Waals surface area contributed by atoms with E-state index in [4.69, 9.17) is 4.52 Å². The Morgan fingerprint density at radius 3 is 2.94 bits per heavy atom. The second kappa shape index (κ2) is 8.35. The second-order valence-corrected chi connectivity index (χ2v) is 8.83. The van der Waals surface area contributed by atoms with Gasteiger partial charge in [-0.2, -0.15) is 4.98 Å². The molecule has 0 atom stereocenters. The third kappa shape index (κ3) is 3.69. The molecule has 0 amide bonds. The average Bonchev–Trinajstić information content (AvgIpc) is 3.55. The Bertz CT molecular complexity index is 1400. The summed E-state index contributed by atoms with van der Waals surface area (Å²) in [5, 5.41) is 14.6. The molecule has 0 aliphatic carbocycles. The maximum atomic E-state index is 13.2. The van der Waals surface area contributed by atoms with E-state index in [1.165, 1.54) is 0 Å².